The third-order valence-electron chi connectivity index (χ3n) is 6.61. The molecule has 0 atom stereocenters. The molecule has 1 saturated heterocycles. The lowest BCUT2D eigenvalue weighted by Crippen LogP contribution is -2.43. The van der Waals surface area contributed by atoms with Crippen LogP contribution in [-0.4, -0.2) is 55.1 Å². The molecule has 1 aliphatic rings. The van der Waals surface area contributed by atoms with Gasteiger partial charge in [-0.2, -0.15) is 0 Å². The van der Waals surface area contributed by atoms with Crippen molar-refractivity contribution in [2.75, 3.05) is 25.9 Å². The number of nitrogens with one attached hydrogen (secondary N) is 2. The number of piperidine rings is 1. The standard InChI is InChI=1S/C26H34N4O3S/c1-16(2)25-22-14-20(19-8-10-30(11-9-19)24(31)15-27-34(5,32)33)6-7-23(22)29-26(25)21-12-17(3)28-18(4)13-21/h6-7,12-14,16,19,27,29H,8-11,15H2,1-5H3. The van der Waals surface area contributed by atoms with Crippen molar-refractivity contribution in [3.63, 3.8) is 0 Å². The zero-order chi connectivity index (χ0) is 24.6. The van der Waals surface area contributed by atoms with Gasteiger partial charge in [-0.1, -0.05) is 19.9 Å². The molecule has 3 aromatic rings. The average molecular weight is 483 g/mol. The van der Waals surface area contributed by atoms with Gasteiger partial charge in [0.05, 0.1) is 18.5 Å². The predicted octanol–water partition coefficient (Wildman–Crippen LogP) is 4.23. The predicted molar refractivity (Wildman–Crippen MR) is 136 cm³/mol. The number of nitrogens with zero attached hydrogens (tertiary/aromatic N) is 2. The molecular weight excluding hydrogens is 448 g/mol. The molecule has 182 valence electrons. The Labute approximate surface area is 202 Å². The number of benzene rings is 1. The lowest BCUT2D eigenvalue weighted by atomic mass is 9.87. The number of aryl methyl sites for hydroxylation is 2. The zero-order valence-electron chi connectivity index (χ0n) is 20.6. The Morgan fingerprint density at radius 3 is 2.38 bits per heavy atom. The van der Waals surface area contributed by atoms with E-state index in [-0.39, 0.29) is 12.5 Å². The lowest BCUT2D eigenvalue weighted by Gasteiger charge is -2.32. The van der Waals surface area contributed by atoms with Gasteiger partial charge in [0.15, 0.2) is 0 Å². The first-order chi connectivity index (χ1) is 16.0. The summed E-state index contributed by atoms with van der Waals surface area (Å²) in [6, 6.07) is 11.0. The van der Waals surface area contributed by atoms with Crippen molar-refractivity contribution in [2.24, 2.45) is 0 Å². The smallest absolute Gasteiger partial charge is 0.237 e. The molecule has 3 heterocycles. The molecule has 2 aromatic heterocycles. The van der Waals surface area contributed by atoms with Crippen molar-refractivity contribution in [1.29, 1.82) is 0 Å². The van der Waals surface area contributed by atoms with E-state index in [1.165, 1.54) is 22.1 Å². The number of carbonyl (C=O) groups is 1. The van der Waals surface area contributed by atoms with Gasteiger partial charge in [0.25, 0.3) is 0 Å². The lowest BCUT2D eigenvalue weighted by molar-refractivity contribution is -0.130. The minimum Gasteiger partial charge on any atom is -0.354 e. The van der Waals surface area contributed by atoms with Crippen molar-refractivity contribution >= 4 is 26.8 Å². The first kappa shape index (κ1) is 24.4. The molecule has 1 aliphatic heterocycles. The Morgan fingerprint density at radius 1 is 1.15 bits per heavy atom. The number of hydrogen-bond donors (Lipinski definition) is 2. The van der Waals surface area contributed by atoms with Crippen LogP contribution in [0.2, 0.25) is 0 Å². The third kappa shape index (κ3) is 5.33. The maximum absolute atomic E-state index is 12.4. The summed E-state index contributed by atoms with van der Waals surface area (Å²) in [5.41, 5.74) is 8.10. The number of amides is 1. The van der Waals surface area contributed by atoms with E-state index in [1.807, 2.05) is 13.8 Å². The van der Waals surface area contributed by atoms with Crippen LogP contribution in [0.25, 0.3) is 22.2 Å². The van der Waals surface area contributed by atoms with E-state index in [4.69, 9.17) is 0 Å². The summed E-state index contributed by atoms with van der Waals surface area (Å²) in [6.07, 6.45) is 2.80. The Kier molecular flexibility index (Phi) is 6.82. The normalized spacial score (nSPS) is 15.4. The summed E-state index contributed by atoms with van der Waals surface area (Å²) in [6.45, 7) is 9.62. The Morgan fingerprint density at radius 2 is 1.79 bits per heavy atom. The average Bonchev–Trinajstić information content (AvgIpc) is 3.15. The monoisotopic (exact) mass is 482 g/mol. The van der Waals surface area contributed by atoms with Crippen molar-refractivity contribution in [3.8, 4) is 11.3 Å². The summed E-state index contributed by atoms with van der Waals surface area (Å²) in [5.74, 6) is 0.564. The maximum atomic E-state index is 12.4. The number of aromatic amines is 1. The number of pyridine rings is 1. The first-order valence-corrected chi connectivity index (χ1v) is 13.7. The number of H-pyrrole nitrogens is 1. The van der Waals surface area contributed by atoms with Gasteiger partial charge in [-0.05, 0) is 73.9 Å². The second-order valence-corrected chi connectivity index (χ2v) is 11.6. The SMILES string of the molecule is Cc1cc(-c2[nH]c3ccc(C4CCN(C(=O)CNS(C)(=O)=O)CC4)cc3c2C(C)C)cc(C)n1. The van der Waals surface area contributed by atoms with Crippen LogP contribution in [0.15, 0.2) is 30.3 Å². The fourth-order valence-corrected chi connectivity index (χ4v) is 5.44. The van der Waals surface area contributed by atoms with Gasteiger partial charge >= 0.3 is 0 Å². The molecule has 34 heavy (non-hydrogen) atoms. The molecule has 0 aliphatic carbocycles. The van der Waals surface area contributed by atoms with Crippen molar-refractivity contribution in [3.05, 3.63) is 52.8 Å². The molecule has 2 N–H and O–H groups in total. The fraction of sp³-hybridized carbons (Fsp3) is 0.462. The van der Waals surface area contributed by atoms with Gasteiger partial charge in [0, 0.05) is 40.9 Å². The summed E-state index contributed by atoms with van der Waals surface area (Å²) in [5, 5.41) is 1.26. The van der Waals surface area contributed by atoms with Crippen LogP contribution in [0.3, 0.4) is 0 Å². The zero-order valence-corrected chi connectivity index (χ0v) is 21.4. The number of aromatic nitrogens is 2. The number of fused-ring (bicyclic) bond motifs is 1. The van der Waals surface area contributed by atoms with Gasteiger partial charge in [0.2, 0.25) is 15.9 Å². The minimum absolute atomic E-state index is 0.167. The highest BCUT2D eigenvalue weighted by Gasteiger charge is 2.25. The summed E-state index contributed by atoms with van der Waals surface area (Å²) in [4.78, 5) is 22.3. The largest absolute Gasteiger partial charge is 0.354 e. The molecule has 1 amide bonds. The van der Waals surface area contributed by atoms with E-state index in [9.17, 15) is 13.2 Å². The van der Waals surface area contributed by atoms with E-state index in [1.54, 1.807) is 4.90 Å². The molecule has 4 rings (SSSR count). The molecule has 1 fully saturated rings. The first-order valence-electron chi connectivity index (χ1n) is 11.9. The number of rotatable bonds is 6. The van der Waals surface area contributed by atoms with E-state index in [2.05, 4.69) is 58.9 Å². The number of hydrogen-bond acceptors (Lipinski definition) is 4. The second-order valence-electron chi connectivity index (χ2n) is 9.76. The van der Waals surface area contributed by atoms with Gasteiger partial charge in [-0.3, -0.25) is 9.78 Å². The van der Waals surface area contributed by atoms with E-state index in [0.29, 0.717) is 24.9 Å². The van der Waals surface area contributed by atoms with Crippen LogP contribution in [0, 0.1) is 13.8 Å². The Bertz CT molecular complexity index is 1300. The van der Waals surface area contributed by atoms with Crippen LogP contribution in [-0.2, 0) is 14.8 Å². The van der Waals surface area contributed by atoms with Gasteiger partial charge in [-0.15, -0.1) is 0 Å². The van der Waals surface area contributed by atoms with E-state index < -0.39 is 10.0 Å². The molecule has 7 nitrogen and oxygen atoms in total. The number of likely N-dealkylation sites (tertiary alicyclic amines) is 1. The highest BCUT2D eigenvalue weighted by Crippen LogP contribution is 2.38. The third-order valence-corrected chi connectivity index (χ3v) is 7.28. The van der Waals surface area contributed by atoms with Crippen LogP contribution in [0.1, 0.15) is 61.0 Å². The highest BCUT2D eigenvalue weighted by molar-refractivity contribution is 7.88. The van der Waals surface area contributed by atoms with Gasteiger partial charge < -0.3 is 9.88 Å². The molecule has 1 aromatic carbocycles. The van der Waals surface area contributed by atoms with Crippen molar-refractivity contribution in [1.82, 2.24) is 19.6 Å². The number of carbonyl (C=O) groups excluding carboxylic acids is 1. The Balaban J connectivity index is 1.57. The molecule has 8 heteroatoms. The van der Waals surface area contributed by atoms with Gasteiger partial charge in [-0.25, -0.2) is 13.1 Å². The number of sulfonamides is 1. The van der Waals surface area contributed by atoms with Crippen LogP contribution in [0.5, 0.6) is 0 Å². The highest BCUT2D eigenvalue weighted by atomic mass is 32.2. The summed E-state index contributed by atoms with van der Waals surface area (Å²) < 4.78 is 24.8. The van der Waals surface area contributed by atoms with Crippen molar-refractivity contribution < 1.29 is 13.2 Å². The maximum Gasteiger partial charge on any atom is 0.237 e. The quantitative estimate of drug-likeness (QED) is 0.550. The fourth-order valence-electron chi connectivity index (χ4n) is 5.06. The second kappa shape index (κ2) is 9.50. The molecule has 0 radical (unpaired) electrons. The Hall–Kier alpha value is -2.71. The van der Waals surface area contributed by atoms with Crippen molar-refractivity contribution in [2.45, 2.75) is 52.4 Å². The minimum atomic E-state index is -3.37. The van der Waals surface area contributed by atoms with Crippen LogP contribution < -0.4 is 4.72 Å². The molecule has 0 spiro atoms. The van der Waals surface area contributed by atoms with Crippen LogP contribution in [0.4, 0.5) is 0 Å². The summed E-state index contributed by atoms with van der Waals surface area (Å²) >= 11 is 0. The van der Waals surface area contributed by atoms with Gasteiger partial charge in [0.1, 0.15) is 0 Å². The van der Waals surface area contributed by atoms with Crippen LogP contribution >= 0.6 is 0 Å². The van der Waals surface area contributed by atoms with E-state index in [0.717, 1.165) is 41.7 Å². The molecule has 0 unspecified atom stereocenters. The van der Waals surface area contributed by atoms with E-state index >= 15 is 0 Å². The molecular formula is C26H34N4O3S. The topological polar surface area (TPSA) is 95.2 Å². The molecule has 0 bridgehead atoms. The summed E-state index contributed by atoms with van der Waals surface area (Å²) in [7, 11) is -3.37. The molecule has 0 saturated carbocycles.